The van der Waals surface area contributed by atoms with E-state index >= 15 is 0 Å². The van der Waals surface area contributed by atoms with E-state index in [1.54, 1.807) is 0 Å². The van der Waals surface area contributed by atoms with E-state index in [4.69, 9.17) is 23.7 Å². The van der Waals surface area contributed by atoms with E-state index in [0.717, 1.165) is 116 Å². The minimum absolute atomic E-state index is 0.0758. The van der Waals surface area contributed by atoms with Crippen LogP contribution in [0.15, 0.2) is 146 Å². The number of carbonyl (C=O) groups excluding carboxylic acids is 3. The lowest BCUT2D eigenvalue weighted by Crippen LogP contribution is -2.61. The number of carbonyl (C=O) groups is 4. The van der Waals surface area contributed by atoms with Crippen LogP contribution in [0.5, 0.6) is 0 Å². The average Bonchev–Trinajstić information content (AvgIpc) is 3.42. The number of aliphatic carboxylic acids is 1. The summed E-state index contributed by atoms with van der Waals surface area (Å²) in [6.07, 6.45) is 61.3. The van der Waals surface area contributed by atoms with E-state index in [-0.39, 0.29) is 25.9 Å². The summed E-state index contributed by atoms with van der Waals surface area (Å²) < 4.78 is 28.2. The predicted octanol–water partition coefficient (Wildman–Crippen LogP) is 14.8. The lowest BCUT2D eigenvalue weighted by atomic mass is 9.98. The van der Waals surface area contributed by atoms with Crippen molar-refractivity contribution < 1.29 is 58.2 Å². The second-order valence-electron chi connectivity index (χ2n) is 18.8. The molecule has 77 heavy (non-hydrogen) atoms. The Bertz CT molecular complexity index is 1890. The monoisotopic (exact) mass is 1070 g/mol. The van der Waals surface area contributed by atoms with Gasteiger partial charge in [0.15, 0.2) is 24.6 Å². The standard InChI is InChI=1S/C65H98O12/c1-4-7-10-13-16-19-22-25-27-29-31-34-36-39-42-45-48-51-57(66)73-54-56(75-58(67)52-49-46-43-40-38-35-32-30-28-26-23-20-17-14-11-8-5-2)55-74-65-63(61(70)60(69)62(77-65)64(71)72)76-59(68)53-50-47-44-41-37-33-24-21-18-15-12-9-6-3/h7-12,16-21,25-28,31,33-34,37,39,42,44,47,56,60-63,65,69-70H,4-6,13-15,22-24,29-30,32,35-36,38,40-41,43,45-46,48-55H2,1-3H3,(H,71,72)/b10-7-,11-8-,12-9-,19-16-,20-17-,21-18-,27-25-,28-26-,34-31-,37-33-,42-39-,47-44-. The Labute approximate surface area is 463 Å². The molecule has 12 heteroatoms. The van der Waals surface area contributed by atoms with Gasteiger partial charge in [0.1, 0.15) is 18.8 Å². The number of allylic oxidation sites excluding steroid dienone is 24. The van der Waals surface area contributed by atoms with Crippen LogP contribution in [-0.2, 0) is 42.9 Å². The van der Waals surface area contributed by atoms with Crippen molar-refractivity contribution in [1.82, 2.24) is 0 Å². The molecule has 12 nitrogen and oxygen atoms in total. The summed E-state index contributed by atoms with van der Waals surface area (Å²) in [5, 5.41) is 31.4. The molecular weight excluding hydrogens is 973 g/mol. The Morgan fingerprint density at radius 2 is 0.818 bits per heavy atom. The minimum Gasteiger partial charge on any atom is -0.479 e. The zero-order chi connectivity index (χ0) is 56.1. The molecule has 1 saturated heterocycles. The maximum Gasteiger partial charge on any atom is 0.335 e. The molecule has 0 aliphatic carbocycles. The van der Waals surface area contributed by atoms with Gasteiger partial charge in [-0.2, -0.15) is 0 Å². The van der Waals surface area contributed by atoms with Crippen molar-refractivity contribution in [1.29, 1.82) is 0 Å². The maximum atomic E-state index is 13.2. The van der Waals surface area contributed by atoms with Gasteiger partial charge in [0.25, 0.3) is 0 Å². The number of aliphatic hydroxyl groups excluding tert-OH is 2. The largest absolute Gasteiger partial charge is 0.479 e. The van der Waals surface area contributed by atoms with Gasteiger partial charge in [-0.3, -0.25) is 14.4 Å². The molecule has 6 atom stereocenters. The van der Waals surface area contributed by atoms with Crippen LogP contribution in [0.3, 0.4) is 0 Å². The van der Waals surface area contributed by atoms with Crippen LogP contribution >= 0.6 is 0 Å². The number of hydrogen-bond donors (Lipinski definition) is 3. The molecule has 0 aromatic rings. The molecule has 0 saturated carbocycles. The smallest absolute Gasteiger partial charge is 0.335 e. The molecule has 0 bridgehead atoms. The average molecular weight is 1070 g/mol. The van der Waals surface area contributed by atoms with Gasteiger partial charge in [-0.1, -0.05) is 199 Å². The number of carboxylic acids is 1. The van der Waals surface area contributed by atoms with Gasteiger partial charge in [0, 0.05) is 19.3 Å². The third-order valence-electron chi connectivity index (χ3n) is 11.9. The van der Waals surface area contributed by atoms with Gasteiger partial charge in [-0.25, -0.2) is 4.79 Å². The molecule has 1 aliphatic rings. The molecule has 0 amide bonds. The fourth-order valence-electron chi connectivity index (χ4n) is 7.61. The highest BCUT2D eigenvalue weighted by Gasteiger charge is 2.50. The summed E-state index contributed by atoms with van der Waals surface area (Å²) in [5.74, 6) is -3.35. The lowest BCUT2D eigenvalue weighted by Gasteiger charge is -2.40. The van der Waals surface area contributed by atoms with Crippen molar-refractivity contribution in [2.24, 2.45) is 0 Å². The highest BCUT2D eigenvalue weighted by Crippen LogP contribution is 2.26. The molecule has 430 valence electrons. The van der Waals surface area contributed by atoms with Crippen molar-refractivity contribution in [3.05, 3.63) is 146 Å². The number of hydrogen-bond acceptors (Lipinski definition) is 11. The number of ether oxygens (including phenoxy) is 5. The van der Waals surface area contributed by atoms with Crippen molar-refractivity contribution in [3.63, 3.8) is 0 Å². The summed E-state index contributed by atoms with van der Waals surface area (Å²) in [4.78, 5) is 51.0. The molecule has 1 rings (SSSR count). The van der Waals surface area contributed by atoms with Crippen LogP contribution < -0.4 is 0 Å². The van der Waals surface area contributed by atoms with E-state index in [2.05, 4.69) is 136 Å². The Hall–Kier alpha value is -5.40. The van der Waals surface area contributed by atoms with Gasteiger partial charge in [-0.05, 0) is 116 Å². The highest BCUT2D eigenvalue weighted by atomic mass is 16.7. The first kappa shape index (κ1) is 69.6. The molecule has 1 aliphatic heterocycles. The number of unbranched alkanes of at least 4 members (excludes halogenated alkanes) is 8. The van der Waals surface area contributed by atoms with E-state index in [9.17, 15) is 34.5 Å². The second-order valence-corrected chi connectivity index (χ2v) is 18.8. The first-order chi connectivity index (χ1) is 37.6. The first-order valence-corrected chi connectivity index (χ1v) is 28.8. The highest BCUT2D eigenvalue weighted by molar-refractivity contribution is 5.74. The third-order valence-corrected chi connectivity index (χ3v) is 11.9. The van der Waals surface area contributed by atoms with E-state index in [1.165, 1.54) is 0 Å². The SMILES string of the molecule is CC/C=C\C/C=C\C/C=C\C/C=C\C/C=C\CCCC(=O)OCC(COC1OC(C(=O)O)C(O)C(O)C1OC(=O)CC/C=C\C/C=C\C/C=C\C/C=C\CC)OC(=O)CCCCCCCCC/C=C\C/C=C\C/C=C\CC. The van der Waals surface area contributed by atoms with Crippen molar-refractivity contribution in [3.8, 4) is 0 Å². The van der Waals surface area contributed by atoms with E-state index < -0.39 is 67.3 Å². The normalized spacial score (nSPS) is 19.1. The molecule has 0 radical (unpaired) electrons. The lowest BCUT2D eigenvalue weighted by molar-refractivity contribution is -0.301. The molecular formula is C65H98O12. The quantitative estimate of drug-likeness (QED) is 0.0228. The van der Waals surface area contributed by atoms with Crippen molar-refractivity contribution >= 4 is 23.9 Å². The Morgan fingerprint density at radius 1 is 0.429 bits per heavy atom. The zero-order valence-electron chi connectivity index (χ0n) is 47.1. The molecule has 0 aromatic heterocycles. The first-order valence-electron chi connectivity index (χ1n) is 28.8. The van der Waals surface area contributed by atoms with E-state index in [1.807, 2.05) is 30.4 Å². The molecule has 0 spiro atoms. The molecule has 1 fully saturated rings. The zero-order valence-corrected chi connectivity index (χ0v) is 47.1. The van der Waals surface area contributed by atoms with Crippen LogP contribution in [-0.4, -0.2) is 89.2 Å². The minimum atomic E-state index is -1.94. The Morgan fingerprint density at radius 3 is 1.27 bits per heavy atom. The van der Waals surface area contributed by atoms with Crippen LogP contribution in [0.2, 0.25) is 0 Å². The number of esters is 3. The third kappa shape index (κ3) is 41.4. The summed E-state index contributed by atoms with van der Waals surface area (Å²) >= 11 is 0. The summed E-state index contributed by atoms with van der Waals surface area (Å²) in [6, 6.07) is 0. The molecule has 1 heterocycles. The molecule has 3 N–H and O–H groups in total. The number of rotatable bonds is 46. The van der Waals surface area contributed by atoms with Gasteiger partial charge in [-0.15, -0.1) is 0 Å². The van der Waals surface area contributed by atoms with Gasteiger partial charge < -0.3 is 39.0 Å². The number of carboxylic acid groups (broad SMARTS) is 1. The van der Waals surface area contributed by atoms with Gasteiger partial charge >= 0.3 is 23.9 Å². The Kier molecular flexibility index (Phi) is 46.4. The van der Waals surface area contributed by atoms with Crippen molar-refractivity contribution in [2.45, 2.75) is 225 Å². The van der Waals surface area contributed by atoms with Crippen LogP contribution in [0.25, 0.3) is 0 Å². The van der Waals surface area contributed by atoms with Gasteiger partial charge in [0.05, 0.1) is 6.61 Å². The predicted molar refractivity (Wildman–Crippen MR) is 312 cm³/mol. The van der Waals surface area contributed by atoms with Crippen molar-refractivity contribution in [2.75, 3.05) is 13.2 Å². The van der Waals surface area contributed by atoms with E-state index in [0.29, 0.717) is 32.1 Å². The fourth-order valence-corrected chi connectivity index (χ4v) is 7.61. The fraction of sp³-hybridized carbons (Fsp3) is 0.569. The summed E-state index contributed by atoms with van der Waals surface area (Å²) in [5.41, 5.74) is 0. The molecule has 6 unspecified atom stereocenters. The molecule has 0 aromatic carbocycles. The van der Waals surface area contributed by atoms with Gasteiger partial charge in [0.2, 0.25) is 0 Å². The second kappa shape index (κ2) is 51.4. The topological polar surface area (TPSA) is 175 Å². The Balaban J connectivity index is 2.79. The van der Waals surface area contributed by atoms with Crippen LogP contribution in [0.4, 0.5) is 0 Å². The summed E-state index contributed by atoms with van der Waals surface area (Å²) in [6.45, 7) is 5.53. The number of aliphatic hydroxyl groups is 2. The maximum absolute atomic E-state index is 13.2. The van der Waals surface area contributed by atoms with Crippen LogP contribution in [0.1, 0.15) is 188 Å². The summed E-state index contributed by atoms with van der Waals surface area (Å²) in [7, 11) is 0. The van der Waals surface area contributed by atoms with Crippen LogP contribution in [0, 0.1) is 0 Å².